The number of ether oxygens (including phenoxy) is 1. The van der Waals surface area contributed by atoms with Crippen LogP contribution in [0.25, 0.3) is 0 Å². The van der Waals surface area contributed by atoms with Crippen LogP contribution in [-0.2, 0) is 22.4 Å². The van der Waals surface area contributed by atoms with Crippen molar-refractivity contribution in [3.63, 3.8) is 0 Å². The van der Waals surface area contributed by atoms with Crippen LogP contribution in [0.3, 0.4) is 0 Å². The van der Waals surface area contributed by atoms with Crippen LogP contribution in [0.4, 0.5) is 4.39 Å². The zero-order valence-corrected chi connectivity index (χ0v) is 20.1. The monoisotopic (exact) mass is 480 g/mol. The third-order valence-electron chi connectivity index (χ3n) is 5.99. The maximum Gasteiger partial charge on any atom is 0.242 e. The van der Waals surface area contributed by atoms with E-state index in [1.54, 1.807) is 28.4 Å². The van der Waals surface area contributed by atoms with Crippen molar-refractivity contribution in [1.29, 1.82) is 0 Å². The van der Waals surface area contributed by atoms with E-state index in [1.165, 1.54) is 17.0 Å². The second-order valence-corrected chi connectivity index (χ2v) is 9.40. The van der Waals surface area contributed by atoms with Gasteiger partial charge in [-0.25, -0.2) is 4.39 Å². The Labute approximate surface area is 203 Å². The second-order valence-electron chi connectivity index (χ2n) is 8.40. The summed E-state index contributed by atoms with van der Waals surface area (Å²) in [5.74, 6) is -0.0837. The first-order chi connectivity index (χ1) is 16.5. The summed E-state index contributed by atoms with van der Waals surface area (Å²) in [6.07, 6.45) is 1.82. The highest BCUT2D eigenvalue weighted by Gasteiger charge is 2.33. The second kappa shape index (κ2) is 11.3. The zero-order valence-electron chi connectivity index (χ0n) is 19.3. The van der Waals surface area contributed by atoms with Gasteiger partial charge in [-0.15, -0.1) is 11.3 Å². The average Bonchev–Trinajstić information content (AvgIpc) is 3.32. The van der Waals surface area contributed by atoms with E-state index in [-0.39, 0.29) is 43.2 Å². The predicted octanol–water partition coefficient (Wildman–Crippen LogP) is 4.87. The SMILES string of the molecule is CCCN(CC(=O)N1CCc2sccc2[C@H]1COc1cccc(F)c1)C(=O)Cc1ccccc1. The molecule has 0 aliphatic carbocycles. The summed E-state index contributed by atoms with van der Waals surface area (Å²) in [4.78, 5) is 31.2. The molecule has 0 bridgehead atoms. The highest BCUT2D eigenvalue weighted by Crippen LogP contribution is 2.34. The molecule has 178 valence electrons. The number of carbonyl (C=O) groups is 2. The Hall–Kier alpha value is -3.19. The van der Waals surface area contributed by atoms with Gasteiger partial charge in [-0.2, -0.15) is 0 Å². The fourth-order valence-electron chi connectivity index (χ4n) is 4.30. The van der Waals surface area contributed by atoms with E-state index < -0.39 is 0 Å². The summed E-state index contributed by atoms with van der Waals surface area (Å²) in [7, 11) is 0. The standard InChI is InChI=1S/C27H29FN2O3S/c1-2-13-29(26(31)16-20-7-4-3-5-8-20)18-27(32)30-14-11-25-23(12-15-34-25)24(30)19-33-22-10-6-9-21(28)17-22/h3-10,12,15,17,24H,2,11,13-14,16,18-19H2,1H3/t24-/m1/s1. The van der Waals surface area contributed by atoms with E-state index in [2.05, 4.69) is 0 Å². The molecule has 0 radical (unpaired) electrons. The molecular formula is C27H29FN2O3S. The number of halogens is 1. The van der Waals surface area contributed by atoms with Gasteiger partial charge < -0.3 is 14.5 Å². The van der Waals surface area contributed by atoms with Crippen LogP contribution in [0.1, 0.15) is 35.4 Å². The van der Waals surface area contributed by atoms with Gasteiger partial charge in [0.25, 0.3) is 0 Å². The van der Waals surface area contributed by atoms with E-state index >= 15 is 0 Å². The molecule has 0 fully saturated rings. The van der Waals surface area contributed by atoms with Gasteiger partial charge in [-0.3, -0.25) is 9.59 Å². The molecule has 0 saturated carbocycles. The van der Waals surface area contributed by atoms with Crippen molar-refractivity contribution < 1.29 is 18.7 Å². The molecule has 4 rings (SSSR count). The molecule has 1 aromatic heterocycles. The number of fused-ring (bicyclic) bond motifs is 1. The van der Waals surface area contributed by atoms with Crippen molar-refractivity contribution in [2.24, 2.45) is 0 Å². The van der Waals surface area contributed by atoms with E-state index in [4.69, 9.17) is 4.74 Å². The largest absolute Gasteiger partial charge is 0.491 e. The van der Waals surface area contributed by atoms with Crippen molar-refractivity contribution in [3.05, 3.63) is 87.9 Å². The Balaban J connectivity index is 1.48. The molecule has 7 heteroatoms. The van der Waals surface area contributed by atoms with Crippen molar-refractivity contribution in [1.82, 2.24) is 9.80 Å². The Bertz CT molecular complexity index is 1120. The van der Waals surface area contributed by atoms with Gasteiger partial charge in [0.05, 0.1) is 19.0 Å². The Morgan fingerprint density at radius 1 is 1.15 bits per heavy atom. The summed E-state index contributed by atoms with van der Waals surface area (Å²) >= 11 is 1.68. The highest BCUT2D eigenvalue weighted by molar-refractivity contribution is 7.10. The molecule has 2 aromatic carbocycles. The lowest BCUT2D eigenvalue weighted by Crippen LogP contribution is -2.48. The number of benzene rings is 2. The quantitative estimate of drug-likeness (QED) is 0.439. The van der Waals surface area contributed by atoms with Crippen LogP contribution in [0, 0.1) is 5.82 Å². The summed E-state index contributed by atoms with van der Waals surface area (Å²) in [5, 5.41) is 2.03. The van der Waals surface area contributed by atoms with Gasteiger partial charge in [0.1, 0.15) is 18.2 Å². The van der Waals surface area contributed by atoms with Gasteiger partial charge in [-0.1, -0.05) is 43.3 Å². The fourth-order valence-corrected chi connectivity index (χ4v) is 5.23. The normalized spacial score (nSPS) is 15.0. The van der Waals surface area contributed by atoms with Crippen molar-refractivity contribution >= 4 is 23.2 Å². The molecule has 3 aromatic rings. The Kier molecular flexibility index (Phi) is 7.95. The third kappa shape index (κ3) is 5.83. The van der Waals surface area contributed by atoms with Crippen molar-refractivity contribution in [2.75, 3.05) is 26.2 Å². The molecule has 0 spiro atoms. The first-order valence-corrected chi connectivity index (χ1v) is 12.5. The highest BCUT2D eigenvalue weighted by atomic mass is 32.1. The number of rotatable bonds is 9. The minimum absolute atomic E-state index is 0.0371. The molecule has 0 saturated heterocycles. The minimum Gasteiger partial charge on any atom is -0.491 e. The number of amides is 2. The van der Waals surface area contributed by atoms with E-state index in [9.17, 15) is 14.0 Å². The molecule has 1 aliphatic rings. The van der Waals surface area contributed by atoms with Crippen molar-refractivity contribution in [3.8, 4) is 5.75 Å². The topological polar surface area (TPSA) is 49.9 Å². The van der Waals surface area contributed by atoms with Gasteiger partial charge >= 0.3 is 0 Å². The first-order valence-electron chi connectivity index (χ1n) is 11.6. The van der Waals surface area contributed by atoms with Crippen LogP contribution in [0.15, 0.2) is 66.0 Å². The lowest BCUT2D eigenvalue weighted by Gasteiger charge is -2.37. The molecule has 1 aliphatic heterocycles. The molecule has 2 amide bonds. The van der Waals surface area contributed by atoms with Crippen LogP contribution in [0.5, 0.6) is 5.75 Å². The Morgan fingerprint density at radius 2 is 1.97 bits per heavy atom. The molecular weight excluding hydrogens is 451 g/mol. The fraction of sp³-hybridized carbons (Fsp3) is 0.333. The number of nitrogens with zero attached hydrogens (tertiary/aromatic N) is 2. The van der Waals surface area contributed by atoms with Crippen LogP contribution in [-0.4, -0.2) is 47.9 Å². The maximum absolute atomic E-state index is 13.6. The van der Waals surface area contributed by atoms with Gasteiger partial charge in [0, 0.05) is 24.0 Å². The molecule has 5 nitrogen and oxygen atoms in total. The maximum atomic E-state index is 13.6. The number of carbonyl (C=O) groups excluding carboxylic acids is 2. The third-order valence-corrected chi connectivity index (χ3v) is 6.99. The molecule has 2 heterocycles. The van der Waals surface area contributed by atoms with Crippen LogP contribution < -0.4 is 4.74 Å². The molecule has 0 N–H and O–H groups in total. The predicted molar refractivity (Wildman–Crippen MR) is 131 cm³/mol. The number of hydrogen-bond donors (Lipinski definition) is 0. The molecule has 34 heavy (non-hydrogen) atoms. The van der Waals surface area contributed by atoms with Crippen LogP contribution in [0.2, 0.25) is 0 Å². The smallest absolute Gasteiger partial charge is 0.242 e. The first kappa shape index (κ1) is 24.0. The van der Waals surface area contributed by atoms with E-state index in [0.29, 0.717) is 18.8 Å². The number of hydrogen-bond acceptors (Lipinski definition) is 4. The summed E-state index contributed by atoms with van der Waals surface area (Å²) in [5.41, 5.74) is 2.00. The number of thiophene rings is 1. The zero-order chi connectivity index (χ0) is 23.9. The minimum atomic E-state index is -0.363. The lowest BCUT2D eigenvalue weighted by molar-refractivity contribution is -0.142. The average molecular weight is 481 g/mol. The van der Waals surface area contributed by atoms with Crippen LogP contribution >= 0.6 is 11.3 Å². The van der Waals surface area contributed by atoms with Gasteiger partial charge in [0.15, 0.2) is 0 Å². The Morgan fingerprint density at radius 3 is 2.74 bits per heavy atom. The van der Waals surface area contributed by atoms with E-state index in [1.807, 2.05) is 53.6 Å². The lowest BCUT2D eigenvalue weighted by atomic mass is 10.0. The van der Waals surface area contributed by atoms with E-state index in [0.717, 1.165) is 24.0 Å². The van der Waals surface area contributed by atoms with Crippen molar-refractivity contribution in [2.45, 2.75) is 32.2 Å². The summed E-state index contributed by atoms with van der Waals surface area (Å²) < 4.78 is 19.5. The summed E-state index contributed by atoms with van der Waals surface area (Å²) in [6.45, 7) is 3.36. The van der Waals surface area contributed by atoms with Gasteiger partial charge in [-0.05, 0) is 47.5 Å². The van der Waals surface area contributed by atoms with Gasteiger partial charge in [0.2, 0.25) is 11.8 Å². The molecule has 1 atom stereocenters. The summed E-state index contributed by atoms with van der Waals surface area (Å²) in [6, 6.07) is 17.4. The molecule has 0 unspecified atom stereocenters.